The molecule has 1 aliphatic carbocycles. The monoisotopic (exact) mass is 376 g/mol. The Morgan fingerprint density at radius 1 is 0.885 bits per heavy atom. The van der Waals surface area contributed by atoms with E-state index in [0.29, 0.717) is 23.1 Å². The van der Waals surface area contributed by atoms with E-state index in [0.717, 1.165) is 28.3 Å². The van der Waals surface area contributed by atoms with Crippen molar-refractivity contribution in [2.24, 2.45) is 0 Å². The average molecular weight is 377 g/mol. The van der Waals surface area contributed by atoms with E-state index < -0.39 is 17.6 Å². The van der Waals surface area contributed by atoms with Gasteiger partial charge in [-0.2, -0.15) is 13.2 Å². The first-order chi connectivity index (χ1) is 12.3. The first kappa shape index (κ1) is 17.1. The number of alkyl halides is 3. The van der Waals surface area contributed by atoms with Crippen molar-refractivity contribution in [2.45, 2.75) is 19.0 Å². The molecule has 1 aliphatic rings. The molecule has 0 N–H and O–H groups in total. The van der Waals surface area contributed by atoms with Gasteiger partial charge in [0.1, 0.15) is 5.82 Å². The molecule has 0 aromatic heterocycles. The van der Waals surface area contributed by atoms with Gasteiger partial charge in [-0.1, -0.05) is 54.1 Å². The Morgan fingerprint density at radius 2 is 1.62 bits per heavy atom. The molecule has 26 heavy (non-hydrogen) atoms. The van der Waals surface area contributed by atoms with E-state index in [1.807, 2.05) is 30.3 Å². The van der Waals surface area contributed by atoms with Crippen molar-refractivity contribution in [3.8, 4) is 11.1 Å². The zero-order valence-electron chi connectivity index (χ0n) is 13.5. The van der Waals surface area contributed by atoms with Crippen molar-refractivity contribution in [1.29, 1.82) is 0 Å². The second-order valence-corrected chi connectivity index (χ2v) is 6.75. The Hall–Kier alpha value is -2.33. The minimum atomic E-state index is -4.61. The lowest BCUT2D eigenvalue weighted by Gasteiger charge is -2.15. The summed E-state index contributed by atoms with van der Waals surface area (Å²) in [5, 5.41) is 0.483. The second-order valence-electron chi connectivity index (χ2n) is 6.37. The van der Waals surface area contributed by atoms with Crippen molar-refractivity contribution in [3.63, 3.8) is 0 Å². The smallest absolute Gasteiger partial charge is 0.207 e. The van der Waals surface area contributed by atoms with Gasteiger partial charge in [-0.25, -0.2) is 4.39 Å². The summed E-state index contributed by atoms with van der Waals surface area (Å²) in [7, 11) is 0. The maximum Gasteiger partial charge on any atom is 0.416 e. The van der Waals surface area contributed by atoms with Crippen molar-refractivity contribution < 1.29 is 17.6 Å². The molecule has 4 rings (SSSR count). The van der Waals surface area contributed by atoms with Gasteiger partial charge in [0.2, 0.25) is 0 Å². The van der Waals surface area contributed by atoms with Gasteiger partial charge in [-0.15, -0.1) is 0 Å². The molecule has 3 aromatic rings. The Kier molecular flexibility index (Phi) is 4.03. The first-order valence-corrected chi connectivity index (χ1v) is 8.46. The highest BCUT2D eigenvalue weighted by atomic mass is 35.5. The fraction of sp³-hybridized carbons (Fsp3) is 0.143. The van der Waals surface area contributed by atoms with Crippen LogP contribution in [0.1, 0.15) is 27.8 Å². The second kappa shape index (κ2) is 6.13. The summed E-state index contributed by atoms with van der Waals surface area (Å²) < 4.78 is 53.0. The number of hydrogen-bond acceptors (Lipinski definition) is 0. The van der Waals surface area contributed by atoms with Gasteiger partial charge in [-0.3, -0.25) is 0 Å². The Labute approximate surface area is 153 Å². The summed E-state index contributed by atoms with van der Waals surface area (Å²) in [6, 6.07) is 14.3. The van der Waals surface area contributed by atoms with Gasteiger partial charge in [0.05, 0.1) is 5.56 Å². The topological polar surface area (TPSA) is 0 Å². The van der Waals surface area contributed by atoms with Crippen molar-refractivity contribution >= 4 is 11.6 Å². The minimum absolute atomic E-state index is 0.00240. The molecule has 0 saturated carbocycles. The Bertz CT molecular complexity index is 1010. The highest BCUT2D eigenvalue weighted by Crippen LogP contribution is 2.42. The van der Waals surface area contributed by atoms with E-state index in [9.17, 15) is 17.6 Å². The summed E-state index contributed by atoms with van der Waals surface area (Å²) in [4.78, 5) is 0. The summed E-state index contributed by atoms with van der Waals surface area (Å²) in [6.45, 7) is 0. The van der Waals surface area contributed by atoms with E-state index in [4.69, 9.17) is 11.6 Å². The molecule has 0 bridgehead atoms. The van der Waals surface area contributed by atoms with Crippen molar-refractivity contribution in [1.82, 2.24) is 0 Å². The minimum Gasteiger partial charge on any atom is -0.207 e. The molecular formula is C21H13ClF4. The SMILES string of the molecule is Fc1ccc(Cc2ccc3c(c2Cl)Cc2ccccc2-3)c(C(F)(F)F)c1. The summed E-state index contributed by atoms with van der Waals surface area (Å²) >= 11 is 6.54. The number of fused-ring (bicyclic) bond motifs is 3. The number of hydrogen-bond donors (Lipinski definition) is 0. The number of halogens is 5. The van der Waals surface area contributed by atoms with Gasteiger partial charge >= 0.3 is 6.18 Å². The van der Waals surface area contributed by atoms with Crippen LogP contribution in [0.2, 0.25) is 5.02 Å². The van der Waals surface area contributed by atoms with Crippen molar-refractivity contribution in [3.05, 3.63) is 93.3 Å². The predicted octanol–water partition coefficient (Wildman–Crippen LogP) is 6.66. The van der Waals surface area contributed by atoms with E-state index >= 15 is 0 Å². The van der Waals surface area contributed by atoms with Gasteiger partial charge in [-0.05, 0) is 51.9 Å². The zero-order valence-corrected chi connectivity index (χ0v) is 14.3. The fourth-order valence-corrected chi connectivity index (χ4v) is 3.83. The molecule has 0 nitrogen and oxygen atoms in total. The van der Waals surface area contributed by atoms with Crippen LogP contribution in [0.4, 0.5) is 17.6 Å². The third kappa shape index (κ3) is 2.88. The maximum absolute atomic E-state index is 13.3. The fourth-order valence-electron chi connectivity index (χ4n) is 3.53. The molecule has 5 heteroatoms. The normalized spacial score (nSPS) is 12.8. The van der Waals surface area contributed by atoms with Crippen molar-refractivity contribution in [2.75, 3.05) is 0 Å². The van der Waals surface area contributed by atoms with Crippen LogP contribution < -0.4 is 0 Å². The first-order valence-electron chi connectivity index (χ1n) is 8.09. The molecule has 0 fully saturated rings. The lowest BCUT2D eigenvalue weighted by Crippen LogP contribution is -2.10. The number of benzene rings is 3. The lowest BCUT2D eigenvalue weighted by molar-refractivity contribution is -0.138. The highest BCUT2D eigenvalue weighted by molar-refractivity contribution is 6.32. The largest absolute Gasteiger partial charge is 0.416 e. The Morgan fingerprint density at radius 3 is 2.38 bits per heavy atom. The molecule has 0 radical (unpaired) electrons. The van der Waals surface area contributed by atoms with E-state index in [1.54, 1.807) is 6.07 Å². The summed E-state index contributed by atoms with van der Waals surface area (Å²) in [5.74, 6) is -0.906. The molecule has 0 atom stereocenters. The third-order valence-electron chi connectivity index (χ3n) is 4.76. The van der Waals surface area contributed by atoms with Gasteiger partial charge < -0.3 is 0 Å². The maximum atomic E-state index is 13.3. The van der Waals surface area contributed by atoms with Crippen LogP contribution in [-0.4, -0.2) is 0 Å². The lowest BCUT2D eigenvalue weighted by atomic mass is 9.96. The molecule has 0 aliphatic heterocycles. The molecule has 0 amide bonds. The van der Waals surface area contributed by atoms with Gasteiger partial charge in [0.15, 0.2) is 0 Å². The van der Waals surface area contributed by atoms with Gasteiger partial charge in [0, 0.05) is 11.4 Å². The van der Waals surface area contributed by atoms with E-state index in [2.05, 4.69) is 0 Å². The van der Waals surface area contributed by atoms with E-state index in [1.165, 1.54) is 6.07 Å². The van der Waals surface area contributed by atoms with Crippen LogP contribution in [0, 0.1) is 5.82 Å². The molecule has 132 valence electrons. The highest BCUT2D eigenvalue weighted by Gasteiger charge is 2.34. The van der Waals surface area contributed by atoms with Crippen LogP contribution in [-0.2, 0) is 19.0 Å². The molecule has 3 aromatic carbocycles. The standard InChI is InChI=1S/C21H13ClF4/c22-20-14(9-13-5-7-15(23)11-19(13)21(24,25)26)6-8-17-16-4-2-1-3-12(16)10-18(17)20/h1-8,11H,9-10H2. The third-order valence-corrected chi connectivity index (χ3v) is 5.23. The Balaban J connectivity index is 1.75. The van der Waals surface area contributed by atoms with Crippen LogP contribution in [0.25, 0.3) is 11.1 Å². The summed E-state index contributed by atoms with van der Waals surface area (Å²) in [6.07, 6.45) is -3.96. The summed E-state index contributed by atoms with van der Waals surface area (Å²) in [5.41, 5.74) is 3.86. The quantitative estimate of drug-likeness (QED) is 0.343. The number of rotatable bonds is 2. The molecule has 0 saturated heterocycles. The molecule has 0 unspecified atom stereocenters. The van der Waals surface area contributed by atoms with Gasteiger partial charge in [0.25, 0.3) is 0 Å². The molecular weight excluding hydrogens is 364 g/mol. The molecule has 0 heterocycles. The van der Waals surface area contributed by atoms with E-state index in [-0.39, 0.29) is 12.0 Å². The van der Waals surface area contributed by atoms with Crippen LogP contribution in [0.15, 0.2) is 54.6 Å². The average Bonchev–Trinajstić information content (AvgIpc) is 2.97. The van der Waals surface area contributed by atoms with Crippen LogP contribution >= 0.6 is 11.6 Å². The molecule has 0 spiro atoms. The van der Waals surface area contributed by atoms with Crippen LogP contribution in [0.3, 0.4) is 0 Å². The van der Waals surface area contributed by atoms with Crippen LogP contribution in [0.5, 0.6) is 0 Å². The predicted molar refractivity (Wildman–Crippen MR) is 93.9 cm³/mol. The zero-order chi connectivity index (χ0) is 18.5.